The van der Waals surface area contributed by atoms with E-state index < -0.39 is 17.8 Å². The Morgan fingerprint density at radius 3 is 2.17 bits per heavy atom. The number of rotatable bonds is 3. The third-order valence-corrected chi connectivity index (χ3v) is 3.81. The van der Waals surface area contributed by atoms with Gasteiger partial charge in [-0.15, -0.1) is 0 Å². The second-order valence-corrected chi connectivity index (χ2v) is 5.47. The maximum absolute atomic E-state index is 13.1. The van der Waals surface area contributed by atoms with Gasteiger partial charge in [0.25, 0.3) is 0 Å². The van der Waals surface area contributed by atoms with Crippen molar-refractivity contribution >= 4 is 11.8 Å². The maximum Gasteiger partial charge on any atom is 0.417 e. The lowest BCUT2D eigenvalue weighted by Gasteiger charge is -2.19. The van der Waals surface area contributed by atoms with E-state index in [1.807, 2.05) is 0 Å². The summed E-state index contributed by atoms with van der Waals surface area (Å²) in [5.74, 6) is 0. The summed E-state index contributed by atoms with van der Waals surface area (Å²) in [7, 11) is 0. The highest BCUT2D eigenvalue weighted by molar-refractivity contribution is 5.88. The lowest BCUT2D eigenvalue weighted by Crippen LogP contribution is -2.31. The molecule has 0 atom stereocenters. The lowest BCUT2D eigenvalue weighted by atomic mass is 9.99. The van der Waals surface area contributed by atoms with Crippen LogP contribution in [0.3, 0.4) is 0 Å². The van der Waals surface area contributed by atoms with Gasteiger partial charge < -0.3 is 5.11 Å². The fourth-order valence-electron chi connectivity index (χ4n) is 2.59. The average Bonchev–Trinajstić information content (AvgIpc) is 3.32. The van der Waals surface area contributed by atoms with E-state index in [0.717, 1.165) is 18.9 Å². The molecule has 0 spiro atoms. The first kappa shape index (κ1) is 15.4. The molecule has 1 fully saturated rings. The summed E-state index contributed by atoms with van der Waals surface area (Å²) < 4.78 is 39.2. The van der Waals surface area contributed by atoms with Crippen molar-refractivity contribution in [3.05, 3.63) is 54.1 Å². The van der Waals surface area contributed by atoms with Crippen LogP contribution in [0, 0.1) is 0 Å². The summed E-state index contributed by atoms with van der Waals surface area (Å²) in [6.07, 6.45) is -3.86. The van der Waals surface area contributed by atoms with Gasteiger partial charge >= 0.3 is 12.3 Å². The van der Waals surface area contributed by atoms with Crippen LogP contribution in [0.1, 0.15) is 18.4 Å². The number of amides is 1. The van der Waals surface area contributed by atoms with Crippen LogP contribution in [-0.4, -0.2) is 17.2 Å². The fourth-order valence-corrected chi connectivity index (χ4v) is 2.59. The molecule has 0 bridgehead atoms. The molecule has 0 aromatic heterocycles. The van der Waals surface area contributed by atoms with Gasteiger partial charge in [0.05, 0.1) is 5.56 Å². The summed E-state index contributed by atoms with van der Waals surface area (Å²) in [5, 5.41) is 9.25. The summed E-state index contributed by atoms with van der Waals surface area (Å²) in [6, 6.07) is 11.5. The van der Waals surface area contributed by atoms with E-state index in [2.05, 4.69) is 0 Å². The van der Waals surface area contributed by atoms with Crippen molar-refractivity contribution < 1.29 is 23.1 Å². The van der Waals surface area contributed by atoms with E-state index in [9.17, 15) is 23.1 Å². The van der Waals surface area contributed by atoms with Crippen LogP contribution < -0.4 is 4.90 Å². The molecule has 0 unspecified atom stereocenters. The number of anilines is 1. The molecule has 0 radical (unpaired) electrons. The number of alkyl halides is 3. The predicted octanol–water partition coefficient (Wildman–Crippen LogP) is 5.02. The van der Waals surface area contributed by atoms with Gasteiger partial charge in [-0.1, -0.05) is 30.3 Å². The molecule has 1 amide bonds. The number of halogens is 3. The Bertz CT molecular complexity index is 721. The van der Waals surface area contributed by atoms with E-state index in [-0.39, 0.29) is 11.6 Å². The van der Waals surface area contributed by atoms with Crippen LogP contribution in [0.5, 0.6) is 0 Å². The highest BCUT2D eigenvalue weighted by atomic mass is 19.4. The number of hydrogen-bond donors (Lipinski definition) is 1. The van der Waals surface area contributed by atoms with Crippen LogP contribution in [0.2, 0.25) is 0 Å². The van der Waals surface area contributed by atoms with Gasteiger partial charge in [-0.2, -0.15) is 13.2 Å². The largest absolute Gasteiger partial charge is 0.465 e. The fraction of sp³-hybridized carbons (Fsp3) is 0.235. The van der Waals surface area contributed by atoms with Crippen LogP contribution in [0.15, 0.2) is 48.5 Å². The number of carbonyl (C=O) groups is 1. The Labute approximate surface area is 131 Å². The molecular formula is C17H14F3NO2. The minimum Gasteiger partial charge on any atom is -0.465 e. The minimum absolute atomic E-state index is 0.0270. The summed E-state index contributed by atoms with van der Waals surface area (Å²) >= 11 is 0. The Hall–Kier alpha value is -2.50. The van der Waals surface area contributed by atoms with Crippen molar-refractivity contribution in [2.24, 2.45) is 0 Å². The van der Waals surface area contributed by atoms with Crippen molar-refractivity contribution in [2.75, 3.05) is 4.90 Å². The topological polar surface area (TPSA) is 40.5 Å². The highest BCUT2D eigenvalue weighted by Crippen LogP contribution is 2.38. The highest BCUT2D eigenvalue weighted by Gasteiger charge is 2.35. The van der Waals surface area contributed by atoms with Gasteiger partial charge in [-0.3, -0.25) is 4.90 Å². The second-order valence-electron chi connectivity index (χ2n) is 5.47. The van der Waals surface area contributed by atoms with Gasteiger partial charge in [0.1, 0.15) is 0 Å². The van der Waals surface area contributed by atoms with E-state index in [0.29, 0.717) is 11.3 Å². The molecule has 6 heteroatoms. The van der Waals surface area contributed by atoms with Crippen LogP contribution in [0.25, 0.3) is 11.1 Å². The Morgan fingerprint density at radius 1 is 1.04 bits per heavy atom. The normalized spacial score (nSPS) is 14.6. The molecule has 0 heterocycles. The van der Waals surface area contributed by atoms with Crippen molar-refractivity contribution in [3.8, 4) is 11.1 Å². The van der Waals surface area contributed by atoms with Gasteiger partial charge in [-0.25, -0.2) is 4.79 Å². The van der Waals surface area contributed by atoms with Gasteiger partial charge in [0.15, 0.2) is 0 Å². The molecule has 23 heavy (non-hydrogen) atoms. The minimum atomic E-state index is -4.43. The first-order valence-electron chi connectivity index (χ1n) is 7.17. The predicted molar refractivity (Wildman–Crippen MR) is 80.4 cm³/mol. The average molecular weight is 321 g/mol. The molecule has 1 saturated carbocycles. The van der Waals surface area contributed by atoms with Gasteiger partial charge in [0, 0.05) is 11.7 Å². The smallest absolute Gasteiger partial charge is 0.417 e. The number of carboxylic acid groups (broad SMARTS) is 1. The van der Waals surface area contributed by atoms with Crippen molar-refractivity contribution in [3.63, 3.8) is 0 Å². The lowest BCUT2D eigenvalue weighted by molar-refractivity contribution is -0.137. The molecule has 1 aliphatic carbocycles. The first-order valence-corrected chi connectivity index (χ1v) is 7.17. The van der Waals surface area contributed by atoms with E-state index in [4.69, 9.17) is 0 Å². The molecule has 0 saturated heterocycles. The molecule has 3 rings (SSSR count). The zero-order valence-corrected chi connectivity index (χ0v) is 12.0. The molecule has 1 N–H and O–H groups in total. The molecule has 2 aromatic carbocycles. The van der Waals surface area contributed by atoms with Crippen molar-refractivity contribution in [2.45, 2.75) is 25.1 Å². The molecule has 120 valence electrons. The monoisotopic (exact) mass is 321 g/mol. The van der Waals surface area contributed by atoms with E-state index >= 15 is 0 Å². The van der Waals surface area contributed by atoms with Crippen molar-refractivity contribution in [1.29, 1.82) is 0 Å². The number of hydrogen-bond acceptors (Lipinski definition) is 1. The molecule has 2 aromatic rings. The Morgan fingerprint density at radius 2 is 1.65 bits per heavy atom. The number of benzene rings is 2. The first-order chi connectivity index (χ1) is 10.9. The standard InChI is InChI=1S/C17H14F3NO2/c18-17(19,20)15-4-2-1-3-14(15)11-5-7-12(8-6-11)21(16(22)23)13-9-10-13/h1-8,13H,9-10H2,(H,22,23). The van der Waals surface area contributed by atoms with E-state index in [1.54, 1.807) is 18.2 Å². The summed E-state index contributed by atoms with van der Waals surface area (Å²) in [5.41, 5.74) is 0.265. The zero-order valence-electron chi connectivity index (χ0n) is 12.0. The molecule has 0 aliphatic heterocycles. The Kier molecular flexibility index (Phi) is 3.75. The van der Waals surface area contributed by atoms with Gasteiger partial charge in [0.2, 0.25) is 0 Å². The van der Waals surface area contributed by atoms with Crippen LogP contribution in [0.4, 0.5) is 23.7 Å². The Balaban J connectivity index is 1.96. The zero-order chi connectivity index (χ0) is 16.6. The molecule has 3 nitrogen and oxygen atoms in total. The third-order valence-electron chi connectivity index (χ3n) is 3.81. The van der Waals surface area contributed by atoms with Gasteiger partial charge in [-0.05, 0) is 42.2 Å². The third kappa shape index (κ3) is 3.16. The molecular weight excluding hydrogens is 307 g/mol. The number of nitrogens with zero attached hydrogens (tertiary/aromatic N) is 1. The van der Waals surface area contributed by atoms with E-state index in [1.165, 1.54) is 29.2 Å². The molecule has 1 aliphatic rings. The summed E-state index contributed by atoms with van der Waals surface area (Å²) in [4.78, 5) is 12.6. The van der Waals surface area contributed by atoms with Crippen LogP contribution in [-0.2, 0) is 6.18 Å². The maximum atomic E-state index is 13.1. The summed E-state index contributed by atoms with van der Waals surface area (Å²) in [6.45, 7) is 0. The van der Waals surface area contributed by atoms with Crippen molar-refractivity contribution in [1.82, 2.24) is 0 Å². The quantitative estimate of drug-likeness (QED) is 0.862. The second kappa shape index (κ2) is 5.61. The SMILES string of the molecule is O=C(O)N(c1ccc(-c2ccccc2C(F)(F)F)cc1)C1CC1. The van der Waals surface area contributed by atoms with Crippen LogP contribution >= 0.6 is 0 Å².